The molecular formula is C13H22N2O3S. The Bertz CT molecular complexity index is 351. The van der Waals surface area contributed by atoms with Gasteiger partial charge in [-0.2, -0.15) is 11.8 Å². The molecule has 0 aromatic carbocycles. The Morgan fingerprint density at radius 3 is 2.68 bits per heavy atom. The van der Waals surface area contributed by atoms with Crippen LogP contribution in [-0.4, -0.2) is 64.1 Å². The van der Waals surface area contributed by atoms with Crippen molar-refractivity contribution in [1.82, 2.24) is 9.80 Å². The van der Waals surface area contributed by atoms with Crippen molar-refractivity contribution in [1.29, 1.82) is 0 Å². The highest BCUT2D eigenvalue weighted by atomic mass is 32.2. The van der Waals surface area contributed by atoms with Gasteiger partial charge in [-0.15, -0.1) is 0 Å². The number of carboxylic acid groups (broad SMARTS) is 1. The number of urea groups is 1. The summed E-state index contributed by atoms with van der Waals surface area (Å²) in [6.07, 6.45) is 2.56. The van der Waals surface area contributed by atoms with Crippen molar-refractivity contribution in [3.63, 3.8) is 0 Å². The zero-order valence-electron chi connectivity index (χ0n) is 11.4. The van der Waals surface area contributed by atoms with E-state index in [1.165, 1.54) is 0 Å². The van der Waals surface area contributed by atoms with Crippen molar-refractivity contribution in [3.05, 3.63) is 0 Å². The highest BCUT2D eigenvalue weighted by Crippen LogP contribution is 2.24. The highest BCUT2D eigenvalue weighted by Gasteiger charge is 2.32. The topological polar surface area (TPSA) is 60.9 Å². The molecule has 2 rings (SSSR count). The fourth-order valence-corrected chi connectivity index (χ4v) is 3.87. The van der Waals surface area contributed by atoms with E-state index in [0.29, 0.717) is 24.8 Å². The van der Waals surface area contributed by atoms with E-state index < -0.39 is 5.97 Å². The van der Waals surface area contributed by atoms with Crippen LogP contribution in [-0.2, 0) is 4.79 Å². The zero-order chi connectivity index (χ0) is 13.8. The van der Waals surface area contributed by atoms with Gasteiger partial charge in [-0.1, -0.05) is 6.92 Å². The standard InChI is InChI=1S/C13H22N2O3S/c1-2-11-9-15(6-7-19-11)13(18)14-5-3-4-10(8-14)12(16)17/h10-11H,2-9H2,1H3,(H,16,17). The van der Waals surface area contributed by atoms with E-state index in [2.05, 4.69) is 6.92 Å². The fourth-order valence-electron chi connectivity index (χ4n) is 2.69. The number of carbonyl (C=O) groups excluding carboxylic acids is 1. The van der Waals surface area contributed by atoms with Crippen molar-refractivity contribution in [2.45, 2.75) is 31.4 Å². The van der Waals surface area contributed by atoms with Gasteiger partial charge >= 0.3 is 12.0 Å². The molecular weight excluding hydrogens is 264 g/mol. The Morgan fingerprint density at radius 2 is 2.00 bits per heavy atom. The van der Waals surface area contributed by atoms with Gasteiger partial charge in [0.25, 0.3) is 0 Å². The summed E-state index contributed by atoms with van der Waals surface area (Å²) in [5.74, 6) is -0.183. The largest absolute Gasteiger partial charge is 0.481 e. The van der Waals surface area contributed by atoms with Gasteiger partial charge in [0, 0.05) is 37.2 Å². The van der Waals surface area contributed by atoms with Crippen molar-refractivity contribution < 1.29 is 14.7 Å². The molecule has 1 N–H and O–H groups in total. The third kappa shape index (κ3) is 3.55. The van der Waals surface area contributed by atoms with Crippen LogP contribution < -0.4 is 0 Å². The van der Waals surface area contributed by atoms with Crippen molar-refractivity contribution in [2.75, 3.05) is 31.9 Å². The lowest BCUT2D eigenvalue weighted by atomic mass is 9.98. The number of carbonyl (C=O) groups is 2. The number of piperidine rings is 1. The maximum Gasteiger partial charge on any atom is 0.320 e. The predicted octanol–water partition coefficient (Wildman–Crippen LogP) is 1.73. The number of carboxylic acids is 1. The van der Waals surface area contributed by atoms with E-state index in [4.69, 9.17) is 5.11 Å². The van der Waals surface area contributed by atoms with Crippen LogP contribution in [0.3, 0.4) is 0 Å². The Kier molecular flexibility index (Phi) is 4.96. The summed E-state index contributed by atoms with van der Waals surface area (Å²) in [6.45, 7) is 4.80. The van der Waals surface area contributed by atoms with Gasteiger partial charge in [-0.05, 0) is 19.3 Å². The summed E-state index contributed by atoms with van der Waals surface area (Å²) < 4.78 is 0. The van der Waals surface area contributed by atoms with E-state index in [0.717, 1.165) is 31.7 Å². The van der Waals surface area contributed by atoms with Gasteiger partial charge in [0.15, 0.2) is 0 Å². The second kappa shape index (κ2) is 6.50. The lowest BCUT2D eigenvalue weighted by Crippen LogP contribution is -2.52. The van der Waals surface area contributed by atoms with E-state index in [1.54, 1.807) is 4.90 Å². The number of thioether (sulfide) groups is 1. The Labute approximate surface area is 118 Å². The summed E-state index contributed by atoms with van der Waals surface area (Å²) >= 11 is 1.93. The molecule has 6 heteroatoms. The van der Waals surface area contributed by atoms with Crippen molar-refractivity contribution in [2.24, 2.45) is 5.92 Å². The second-order valence-electron chi connectivity index (χ2n) is 5.25. The van der Waals surface area contributed by atoms with Crippen LogP contribution in [0, 0.1) is 5.92 Å². The molecule has 0 spiro atoms. The Balaban J connectivity index is 1.93. The first-order valence-electron chi connectivity index (χ1n) is 7.00. The van der Waals surface area contributed by atoms with Crippen LogP contribution in [0.15, 0.2) is 0 Å². The summed E-state index contributed by atoms with van der Waals surface area (Å²) in [7, 11) is 0. The average Bonchev–Trinajstić information content (AvgIpc) is 2.46. The van der Waals surface area contributed by atoms with E-state index in [-0.39, 0.29) is 11.9 Å². The molecule has 0 aromatic rings. The first-order chi connectivity index (χ1) is 9.11. The minimum Gasteiger partial charge on any atom is -0.481 e. The lowest BCUT2D eigenvalue weighted by Gasteiger charge is -2.38. The molecule has 2 amide bonds. The van der Waals surface area contributed by atoms with Crippen molar-refractivity contribution in [3.8, 4) is 0 Å². The highest BCUT2D eigenvalue weighted by molar-refractivity contribution is 8.00. The molecule has 2 atom stereocenters. The van der Waals surface area contributed by atoms with Crippen LogP contribution in [0.4, 0.5) is 4.79 Å². The molecule has 2 heterocycles. The molecule has 5 nitrogen and oxygen atoms in total. The molecule has 108 valence electrons. The molecule has 0 aromatic heterocycles. The van der Waals surface area contributed by atoms with Crippen LogP contribution >= 0.6 is 11.8 Å². The van der Waals surface area contributed by atoms with Gasteiger partial charge in [-0.25, -0.2) is 4.79 Å². The molecule has 0 bridgehead atoms. The number of rotatable bonds is 2. The molecule has 19 heavy (non-hydrogen) atoms. The van der Waals surface area contributed by atoms with Crippen LogP contribution in [0.5, 0.6) is 0 Å². The second-order valence-corrected chi connectivity index (χ2v) is 6.66. The van der Waals surface area contributed by atoms with Crippen LogP contribution in [0.1, 0.15) is 26.2 Å². The Hall–Kier alpha value is -0.910. The monoisotopic (exact) mass is 286 g/mol. The molecule has 0 radical (unpaired) electrons. The molecule has 0 saturated carbocycles. The molecule has 2 aliphatic heterocycles. The van der Waals surface area contributed by atoms with Gasteiger partial charge in [-0.3, -0.25) is 4.79 Å². The molecule has 2 saturated heterocycles. The summed E-state index contributed by atoms with van der Waals surface area (Å²) in [5, 5.41) is 9.60. The quantitative estimate of drug-likeness (QED) is 0.840. The smallest absolute Gasteiger partial charge is 0.320 e. The minimum atomic E-state index is -0.780. The third-order valence-corrected chi connectivity index (χ3v) is 5.28. The zero-order valence-corrected chi connectivity index (χ0v) is 12.2. The number of nitrogens with zero attached hydrogens (tertiary/aromatic N) is 2. The summed E-state index contributed by atoms with van der Waals surface area (Å²) in [4.78, 5) is 27.1. The molecule has 2 aliphatic rings. The lowest BCUT2D eigenvalue weighted by molar-refractivity contribution is -0.143. The number of amides is 2. The summed E-state index contributed by atoms with van der Waals surface area (Å²) in [5.41, 5.74) is 0. The minimum absolute atomic E-state index is 0.0321. The number of hydrogen-bond acceptors (Lipinski definition) is 3. The van der Waals surface area contributed by atoms with E-state index >= 15 is 0 Å². The maximum atomic E-state index is 12.4. The first-order valence-corrected chi connectivity index (χ1v) is 8.05. The Morgan fingerprint density at radius 1 is 1.26 bits per heavy atom. The molecule has 2 fully saturated rings. The normalized spacial score (nSPS) is 28.3. The van der Waals surface area contributed by atoms with Crippen molar-refractivity contribution >= 4 is 23.8 Å². The SMILES string of the molecule is CCC1CN(C(=O)N2CCCC(C(=O)O)C2)CCS1. The summed E-state index contributed by atoms with van der Waals surface area (Å²) in [6, 6.07) is 0.0321. The number of aliphatic carboxylic acids is 1. The fraction of sp³-hybridized carbons (Fsp3) is 0.846. The first kappa shape index (κ1) is 14.5. The predicted molar refractivity (Wildman–Crippen MR) is 75.4 cm³/mol. The van der Waals surface area contributed by atoms with E-state index in [9.17, 15) is 9.59 Å². The third-order valence-electron chi connectivity index (χ3n) is 3.91. The van der Waals surface area contributed by atoms with Crippen LogP contribution in [0.25, 0.3) is 0 Å². The van der Waals surface area contributed by atoms with Gasteiger partial charge in [0.1, 0.15) is 0 Å². The van der Waals surface area contributed by atoms with Gasteiger partial charge < -0.3 is 14.9 Å². The molecule has 0 aliphatic carbocycles. The van der Waals surface area contributed by atoms with Gasteiger partial charge in [0.05, 0.1) is 5.92 Å². The van der Waals surface area contributed by atoms with E-state index in [1.807, 2.05) is 16.7 Å². The maximum absolute atomic E-state index is 12.4. The number of hydrogen-bond donors (Lipinski definition) is 1. The average molecular weight is 286 g/mol. The number of likely N-dealkylation sites (tertiary alicyclic amines) is 1. The van der Waals surface area contributed by atoms with Crippen LogP contribution in [0.2, 0.25) is 0 Å². The van der Waals surface area contributed by atoms with Gasteiger partial charge in [0.2, 0.25) is 0 Å². The molecule has 2 unspecified atom stereocenters.